The summed E-state index contributed by atoms with van der Waals surface area (Å²) in [6.45, 7) is 16.9. The first-order valence-electron chi connectivity index (χ1n) is 7.31. The van der Waals surface area contributed by atoms with Gasteiger partial charge < -0.3 is 16.0 Å². The predicted octanol–water partition coefficient (Wildman–Crippen LogP) is 1.58. The molecular weight excluding hydrogens is 252 g/mol. The number of guanidine groups is 1. The second-order valence-electron chi connectivity index (χ2n) is 7.45. The number of nitrogens with one attached hydrogen (secondary N) is 1. The molecule has 0 saturated carbocycles. The molecule has 1 amide bonds. The molecule has 1 fully saturated rings. The second-order valence-corrected chi connectivity index (χ2v) is 7.45. The van der Waals surface area contributed by atoms with Crippen molar-refractivity contribution in [3.8, 4) is 0 Å². The number of primary amides is 1. The molecule has 0 aliphatic carbocycles. The summed E-state index contributed by atoms with van der Waals surface area (Å²) < 4.78 is 0. The van der Waals surface area contributed by atoms with Crippen LogP contribution in [0, 0.1) is 10.8 Å². The number of nitrogens with two attached hydrogens (primary N) is 1. The average molecular weight is 282 g/mol. The first-order valence-corrected chi connectivity index (χ1v) is 7.31. The highest BCUT2D eigenvalue weighted by Gasteiger charge is 2.53. The van der Waals surface area contributed by atoms with E-state index in [0.717, 1.165) is 19.0 Å². The number of carbonyl (C=O) groups excluding carboxylic acids is 1. The highest BCUT2D eigenvalue weighted by atomic mass is 16.1. The topological polar surface area (TPSA) is 70.7 Å². The molecule has 0 aromatic carbocycles. The van der Waals surface area contributed by atoms with Crippen LogP contribution in [0.25, 0.3) is 0 Å². The Morgan fingerprint density at radius 3 is 2.25 bits per heavy atom. The van der Waals surface area contributed by atoms with Crippen molar-refractivity contribution in [1.29, 1.82) is 0 Å². The van der Waals surface area contributed by atoms with Gasteiger partial charge in [0.05, 0.1) is 12.0 Å². The summed E-state index contributed by atoms with van der Waals surface area (Å²) in [5.74, 6) is 0.548. The van der Waals surface area contributed by atoms with Crippen molar-refractivity contribution in [2.24, 2.45) is 21.6 Å². The van der Waals surface area contributed by atoms with Crippen LogP contribution in [-0.2, 0) is 4.79 Å². The maximum atomic E-state index is 11.4. The van der Waals surface area contributed by atoms with Crippen molar-refractivity contribution in [3.05, 3.63) is 0 Å². The number of amides is 1. The van der Waals surface area contributed by atoms with Crippen LogP contribution in [0.5, 0.6) is 0 Å². The van der Waals surface area contributed by atoms with Gasteiger partial charge in [0.15, 0.2) is 5.96 Å². The van der Waals surface area contributed by atoms with Crippen LogP contribution < -0.4 is 11.1 Å². The highest BCUT2D eigenvalue weighted by molar-refractivity contribution is 5.84. The fraction of sp³-hybridized carbons (Fsp3) is 0.867. The first kappa shape index (κ1) is 16.8. The van der Waals surface area contributed by atoms with Gasteiger partial charge in [-0.1, -0.05) is 13.8 Å². The first-order chi connectivity index (χ1) is 8.95. The third-order valence-corrected chi connectivity index (χ3v) is 4.77. The Hall–Kier alpha value is -1.26. The molecular formula is C15H30N4O. The van der Waals surface area contributed by atoms with Gasteiger partial charge in [0.1, 0.15) is 0 Å². The molecule has 5 heteroatoms. The second kappa shape index (κ2) is 5.26. The third-order valence-electron chi connectivity index (χ3n) is 4.77. The van der Waals surface area contributed by atoms with Crippen LogP contribution in [0.2, 0.25) is 0 Å². The molecule has 0 unspecified atom stereocenters. The third kappa shape index (κ3) is 2.91. The maximum Gasteiger partial charge on any atom is 0.224 e. The molecule has 1 heterocycles. The van der Waals surface area contributed by atoms with Gasteiger partial charge in [0, 0.05) is 24.0 Å². The van der Waals surface area contributed by atoms with Gasteiger partial charge in [-0.05, 0) is 34.6 Å². The quantitative estimate of drug-likeness (QED) is 0.607. The minimum atomic E-state index is -0.620. The number of carbonyl (C=O) groups is 1. The fourth-order valence-corrected chi connectivity index (χ4v) is 2.15. The molecule has 1 rings (SSSR count). The fourth-order valence-electron chi connectivity index (χ4n) is 2.15. The standard InChI is InChI=1S/C15H30N4O/c1-8-17-12(18-9-13(2,3)11(16)20)19-10-14(4,5)15(19,6)7/h8-10H2,1-7H3,(H2,16,20)(H,17,18). The monoisotopic (exact) mass is 282 g/mol. The lowest BCUT2D eigenvalue weighted by molar-refractivity contribution is -0.125. The lowest BCUT2D eigenvalue weighted by Crippen LogP contribution is -2.72. The highest BCUT2D eigenvalue weighted by Crippen LogP contribution is 2.46. The zero-order valence-electron chi connectivity index (χ0n) is 14.0. The van der Waals surface area contributed by atoms with Crippen LogP contribution in [0.1, 0.15) is 48.5 Å². The van der Waals surface area contributed by atoms with Gasteiger partial charge in [-0.3, -0.25) is 9.79 Å². The Morgan fingerprint density at radius 1 is 1.35 bits per heavy atom. The molecule has 3 N–H and O–H groups in total. The summed E-state index contributed by atoms with van der Waals surface area (Å²) in [7, 11) is 0. The van der Waals surface area contributed by atoms with E-state index in [-0.39, 0.29) is 16.9 Å². The van der Waals surface area contributed by atoms with Gasteiger partial charge in [-0.25, -0.2) is 0 Å². The van der Waals surface area contributed by atoms with E-state index in [0.29, 0.717) is 6.54 Å². The number of hydrogen-bond donors (Lipinski definition) is 2. The molecule has 20 heavy (non-hydrogen) atoms. The molecule has 5 nitrogen and oxygen atoms in total. The Labute approximate surface area is 123 Å². The Kier molecular flexibility index (Phi) is 4.42. The molecule has 1 saturated heterocycles. The SMILES string of the molecule is CCNC(=NCC(C)(C)C(N)=O)N1CC(C)(C)C1(C)C. The van der Waals surface area contributed by atoms with E-state index in [1.165, 1.54) is 0 Å². The largest absolute Gasteiger partial charge is 0.369 e. The van der Waals surface area contributed by atoms with Crippen LogP contribution in [0.4, 0.5) is 0 Å². The molecule has 0 atom stereocenters. The Bertz CT molecular complexity index is 410. The molecule has 116 valence electrons. The summed E-state index contributed by atoms with van der Waals surface area (Å²) >= 11 is 0. The van der Waals surface area contributed by atoms with Gasteiger partial charge >= 0.3 is 0 Å². The average Bonchev–Trinajstić information content (AvgIpc) is 2.31. The number of likely N-dealkylation sites (tertiary alicyclic amines) is 1. The minimum absolute atomic E-state index is 0.0465. The van der Waals surface area contributed by atoms with Crippen molar-refractivity contribution in [2.45, 2.75) is 54.0 Å². The van der Waals surface area contributed by atoms with Crippen molar-refractivity contribution in [2.75, 3.05) is 19.6 Å². The van der Waals surface area contributed by atoms with Gasteiger partial charge in [0.2, 0.25) is 5.91 Å². The molecule has 0 bridgehead atoms. The number of aliphatic imine (C=N–C) groups is 1. The van der Waals surface area contributed by atoms with Crippen molar-refractivity contribution in [1.82, 2.24) is 10.2 Å². The van der Waals surface area contributed by atoms with E-state index in [1.54, 1.807) is 0 Å². The van der Waals surface area contributed by atoms with Crippen LogP contribution in [0.3, 0.4) is 0 Å². The number of hydrogen-bond acceptors (Lipinski definition) is 2. The van der Waals surface area contributed by atoms with Crippen LogP contribution in [-0.4, -0.2) is 41.9 Å². The van der Waals surface area contributed by atoms with Gasteiger partial charge in [-0.15, -0.1) is 0 Å². The number of nitrogens with zero attached hydrogens (tertiary/aromatic N) is 2. The zero-order chi connectivity index (χ0) is 15.8. The van der Waals surface area contributed by atoms with E-state index in [9.17, 15) is 4.79 Å². The lowest BCUT2D eigenvalue weighted by atomic mass is 9.65. The van der Waals surface area contributed by atoms with Crippen molar-refractivity contribution < 1.29 is 4.79 Å². The van der Waals surface area contributed by atoms with E-state index in [4.69, 9.17) is 5.73 Å². The summed E-state index contributed by atoms with van der Waals surface area (Å²) in [6.07, 6.45) is 0. The van der Waals surface area contributed by atoms with Crippen LogP contribution >= 0.6 is 0 Å². The molecule has 1 aliphatic rings. The predicted molar refractivity (Wildman–Crippen MR) is 83.5 cm³/mol. The minimum Gasteiger partial charge on any atom is -0.369 e. The van der Waals surface area contributed by atoms with Crippen molar-refractivity contribution >= 4 is 11.9 Å². The van der Waals surface area contributed by atoms with E-state index < -0.39 is 5.41 Å². The van der Waals surface area contributed by atoms with Crippen molar-refractivity contribution in [3.63, 3.8) is 0 Å². The Morgan fingerprint density at radius 2 is 1.90 bits per heavy atom. The van der Waals surface area contributed by atoms with E-state index in [1.807, 2.05) is 20.8 Å². The molecule has 0 radical (unpaired) electrons. The molecule has 0 spiro atoms. The van der Waals surface area contributed by atoms with E-state index in [2.05, 4.69) is 42.9 Å². The van der Waals surface area contributed by atoms with Gasteiger partial charge in [0.25, 0.3) is 0 Å². The van der Waals surface area contributed by atoms with Gasteiger partial charge in [-0.2, -0.15) is 0 Å². The number of rotatable bonds is 4. The maximum absolute atomic E-state index is 11.4. The van der Waals surface area contributed by atoms with Crippen LogP contribution in [0.15, 0.2) is 4.99 Å². The summed E-state index contributed by atoms with van der Waals surface area (Å²) in [4.78, 5) is 18.3. The summed E-state index contributed by atoms with van der Waals surface area (Å²) in [5, 5.41) is 3.31. The lowest BCUT2D eigenvalue weighted by Gasteiger charge is -2.62. The summed E-state index contributed by atoms with van der Waals surface area (Å²) in [5.41, 5.74) is 5.09. The zero-order valence-corrected chi connectivity index (χ0v) is 14.0. The molecule has 0 aromatic rings. The molecule has 0 aromatic heterocycles. The summed E-state index contributed by atoms with van der Waals surface area (Å²) in [6, 6.07) is 0. The van der Waals surface area contributed by atoms with E-state index >= 15 is 0 Å². The smallest absolute Gasteiger partial charge is 0.224 e. The normalized spacial score (nSPS) is 21.4. The Balaban J connectivity index is 2.89. The molecule has 1 aliphatic heterocycles.